The third kappa shape index (κ3) is 7.84. The van der Waals surface area contributed by atoms with Crippen molar-refractivity contribution < 1.29 is 9.59 Å². The molecule has 0 radical (unpaired) electrons. The fourth-order valence-electron chi connectivity index (χ4n) is 5.16. The second-order valence-electron chi connectivity index (χ2n) is 10.8. The van der Waals surface area contributed by atoms with E-state index in [1.54, 1.807) is 4.90 Å². The fraction of sp³-hybridized carbons (Fsp3) is 0.371. The van der Waals surface area contributed by atoms with E-state index in [-0.39, 0.29) is 18.4 Å². The largest absolute Gasteiger partial charge is 0.361 e. The second-order valence-corrected chi connectivity index (χ2v) is 10.8. The van der Waals surface area contributed by atoms with Gasteiger partial charge in [0.05, 0.1) is 0 Å². The van der Waals surface area contributed by atoms with E-state index in [1.165, 1.54) is 34.9 Å². The third-order valence-electron chi connectivity index (χ3n) is 7.55. The highest BCUT2D eigenvalue weighted by Gasteiger charge is 2.22. The van der Waals surface area contributed by atoms with Crippen LogP contribution in [0.3, 0.4) is 0 Å². The Morgan fingerprint density at radius 2 is 1.48 bits per heavy atom. The number of fused-ring (bicyclic) bond motifs is 1. The van der Waals surface area contributed by atoms with Gasteiger partial charge in [0.25, 0.3) is 5.91 Å². The first kappa shape index (κ1) is 29.1. The molecule has 0 saturated carbocycles. The Hall–Kier alpha value is -3.86. The zero-order valence-corrected chi connectivity index (χ0v) is 24.3. The highest BCUT2D eigenvalue weighted by atomic mass is 16.2. The summed E-state index contributed by atoms with van der Waals surface area (Å²) in [6, 6.07) is 24.5. The normalized spacial score (nSPS) is 11.1. The number of H-pyrrole nitrogens is 1. The standard InChI is InChI=1S/C35H43N3O2/c1-4-6-7-10-28-17-19-30(20-18-28)35(40)38(22-5-2)26-34(39)37(25-29-15-13-27(3)14-16-29)23-21-31-24-36-33-12-9-8-11-32(31)33/h8-9,11-20,24,36H,4-7,10,21-23,25-26H2,1-3H3. The van der Waals surface area contributed by atoms with Crippen molar-refractivity contribution in [3.05, 3.63) is 107 Å². The molecule has 1 N–H and O–H groups in total. The number of hydrogen-bond donors (Lipinski definition) is 1. The Morgan fingerprint density at radius 3 is 2.20 bits per heavy atom. The van der Waals surface area contributed by atoms with Gasteiger partial charge >= 0.3 is 0 Å². The van der Waals surface area contributed by atoms with Crippen LogP contribution >= 0.6 is 0 Å². The molecule has 210 valence electrons. The van der Waals surface area contributed by atoms with Crippen LogP contribution in [0.2, 0.25) is 0 Å². The van der Waals surface area contributed by atoms with E-state index in [1.807, 2.05) is 42.3 Å². The van der Waals surface area contributed by atoms with E-state index < -0.39 is 0 Å². The van der Waals surface area contributed by atoms with E-state index in [0.717, 1.165) is 36.8 Å². The second kappa shape index (κ2) is 14.5. The molecule has 5 nitrogen and oxygen atoms in total. The van der Waals surface area contributed by atoms with Crippen molar-refractivity contribution >= 4 is 22.7 Å². The molecule has 0 aliphatic rings. The van der Waals surface area contributed by atoms with Gasteiger partial charge in [0.1, 0.15) is 6.54 Å². The number of rotatable bonds is 14. The molecule has 5 heteroatoms. The van der Waals surface area contributed by atoms with Crippen molar-refractivity contribution in [2.24, 2.45) is 0 Å². The molecule has 40 heavy (non-hydrogen) atoms. The molecule has 3 aromatic carbocycles. The van der Waals surface area contributed by atoms with Gasteiger partial charge in [-0.3, -0.25) is 9.59 Å². The number of aromatic nitrogens is 1. The Kier molecular flexibility index (Phi) is 10.6. The van der Waals surface area contributed by atoms with Crippen molar-refractivity contribution in [1.29, 1.82) is 0 Å². The number of benzene rings is 3. The highest BCUT2D eigenvalue weighted by molar-refractivity contribution is 5.96. The summed E-state index contributed by atoms with van der Waals surface area (Å²) in [5.41, 5.74) is 6.47. The van der Waals surface area contributed by atoms with Crippen molar-refractivity contribution in [2.45, 2.75) is 65.8 Å². The fourth-order valence-corrected chi connectivity index (χ4v) is 5.16. The van der Waals surface area contributed by atoms with E-state index in [0.29, 0.717) is 25.2 Å². The number of carbonyl (C=O) groups excluding carboxylic acids is 2. The van der Waals surface area contributed by atoms with Crippen LogP contribution in [0.5, 0.6) is 0 Å². The van der Waals surface area contributed by atoms with Crippen molar-refractivity contribution in [2.75, 3.05) is 19.6 Å². The predicted octanol–water partition coefficient (Wildman–Crippen LogP) is 7.33. The minimum Gasteiger partial charge on any atom is -0.361 e. The lowest BCUT2D eigenvalue weighted by Gasteiger charge is -2.28. The van der Waals surface area contributed by atoms with Crippen molar-refractivity contribution in [1.82, 2.24) is 14.8 Å². The zero-order chi connectivity index (χ0) is 28.3. The molecule has 0 bridgehead atoms. The molecule has 0 saturated heterocycles. The SMILES string of the molecule is CCCCCc1ccc(C(=O)N(CCC)CC(=O)N(CCc2c[nH]c3ccccc23)Cc2ccc(C)cc2)cc1. The molecule has 0 fully saturated rings. The first-order valence-corrected chi connectivity index (χ1v) is 14.7. The Balaban J connectivity index is 1.48. The van der Waals surface area contributed by atoms with Crippen LogP contribution < -0.4 is 0 Å². The monoisotopic (exact) mass is 537 g/mol. The summed E-state index contributed by atoms with van der Waals surface area (Å²) in [4.78, 5) is 34.2. The maximum absolute atomic E-state index is 13.8. The third-order valence-corrected chi connectivity index (χ3v) is 7.55. The quantitative estimate of drug-likeness (QED) is 0.171. The van der Waals surface area contributed by atoms with Gasteiger partial charge in [-0.2, -0.15) is 0 Å². The lowest BCUT2D eigenvalue weighted by molar-refractivity contribution is -0.132. The summed E-state index contributed by atoms with van der Waals surface area (Å²) in [7, 11) is 0. The summed E-state index contributed by atoms with van der Waals surface area (Å²) >= 11 is 0. The van der Waals surface area contributed by atoms with Gasteiger partial charge in [0.2, 0.25) is 5.91 Å². The first-order valence-electron chi connectivity index (χ1n) is 14.7. The molecule has 0 unspecified atom stereocenters. The van der Waals surface area contributed by atoms with Gasteiger partial charge < -0.3 is 14.8 Å². The van der Waals surface area contributed by atoms with Crippen LogP contribution in [0, 0.1) is 6.92 Å². The maximum atomic E-state index is 13.8. The number of nitrogens with one attached hydrogen (secondary N) is 1. The highest BCUT2D eigenvalue weighted by Crippen LogP contribution is 2.19. The van der Waals surface area contributed by atoms with Crippen molar-refractivity contribution in [3.63, 3.8) is 0 Å². The minimum atomic E-state index is -0.0813. The van der Waals surface area contributed by atoms with Crippen LogP contribution in [-0.2, 0) is 24.2 Å². The van der Waals surface area contributed by atoms with Crippen molar-refractivity contribution in [3.8, 4) is 0 Å². The smallest absolute Gasteiger partial charge is 0.254 e. The van der Waals surface area contributed by atoms with Gasteiger partial charge in [0, 0.05) is 42.3 Å². The van der Waals surface area contributed by atoms with Crippen LogP contribution in [0.4, 0.5) is 0 Å². The van der Waals surface area contributed by atoms with E-state index in [9.17, 15) is 9.59 Å². The summed E-state index contributed by atoms with van der Waals surface area (Å²) in [6.45, 7) is 8.03. The Morgan fingerprint density at radius 1 is 0.750 bits per heavy atom. The predicted molar refractivity (Wildman–Crippen MR) is 164 cm³/mol. The average molecular weight is 538 g/mol. The lowest BCUT2D eigenvalue weighted by Crippen LogP contribution is -2.43. The zero-order valence-electron chi connectivity index (χ0n) is 24.3. The molecule has 4 rings (SSSR count). The summed E-state index contributed by atoms with van der Waals surface area (Å²) < 4.78 is 0. The molecule has 1 aromatic heterocycles. The summed E-state index contributed by atoms with van der Waals surface area (Å²) in [5, 5.41) is 1.19. The van der Waals surface area contributed by atoms with Gasteiger partial charge in [-0.25, -0.2) is 0 Å². The number of amides is 2. The molecule has 4 aromatic rings. The number of aryl methyl sites for hydroxylation is 2. The minimum absolute atomic E-state index is 0.0293. The Bertz CT molecular complexity index is 1370. The maximum Gasteiger partial charge on any atom is 0.254 e. The number of para-hydroxylation sites is 1. The lowest BCUT2D eigenvalue weighted by atomic mass is 10.0. The topological polar surface area (TPSA) is 56.4 Å². The van der Waals surface area contributed by atoms with Gasteiger partial charge in [-0.1, -0.05) is 86.8 Å². The van der Waals surface area contributed by atoms with Crippen LogP contribution in [-0.4, -0.2) is 46.2 Å². The molecule has 2 amide bonds. The van der Waals surface area contributed by atoms with Gasteiger partial charge in [-0.05, 0) is 67.5 Å². The van der Waals surface area contributed by atoms with Crippen LogP contribution in [0.15, 0.2) is 79.0 Å². The molecule has 0 spiro atoms. The Labute approximate surface area is 239 Å². The first-order chi connectivity index (χ1) is 19.5. The van der Waals surface area contributed by atoms with E-state index in [4.69, 9.17) is 0 Å². The van der Waals surface area contributed by atoms with Crippen LogP contribution in [0.1, 0.15) is 72.1 Å². The average Bonchev–Trinajstić information content (AvgIpc) is 3.39. The summed E-state index contributed by atoms with van der Waals surface area (Å²) in [6.07, 6.45) is 8.17. The summed E-state index contributed by atoms with van der Waals surface area (Å²) in [5.74, 6) is -0.111. The van der Waals surface area contributed by atoms with Gasteiger partial charge in [0.15, 0.2) is 0 Å². The molecular formula is C35H43N3O2. The number of nitrogens with zero attached hydrogens (tertiary/aromatic N) is 2. The van der Waals surface area contributed by atoms with Crippen LogP contribution in [0.25, 0.3) is 10.9 Å². The molecule has 1 heterocycles. The van der Waals surface area contributed by atoms with E-state index in [2.05, 4.69) is 67.4 Å². The molecule has 0 atom stereocenters. The molecule has 0 aliphatic carbocycles. The number of unbranched alkanes of at least 4 members (excludes halogenated alkanes) is 2. The number of aromatic amines is 1. The molecule has 0 aliphatic heterocycles. The van der Waals surface area contributed by atoms with Gasteiger partial charge in [-0.15, -0.1) is 0 Å². The van der Waals surface area contributed by atoms with E-state index >= 15 is 0 Å². The molecular weight excluding hydrogens is 494 g/mol. The number of hydrogen-bond acceptors (Lipinski definition) is 2. The number of carbonyl (C=O) groups is 2.